The van der Waals surface area contributed by atoms with E-state index in [1.54, 1.807) is 12.5 Å². The second-order valence-corrected chi connectivity index (χ2v) is 4.10. The molecule has 96 valence electrons. The molecule has 0 saturated carbocycles. The Kier molecular flexibility index (Phi) is 3.99. The number of benzene rings is 1. The second kappa shape index (κ2) is 5.50. The maximum Gasteiger partial charge on any atom is 0.231 e. The molecule has 0 bridgehead atoms. The van der Waals surface area contributed by atoms with Crippen LogP contribution in [-0.4, -0.2) is 16.3 Å². The first kappa shape index (κ1) is 13.1. The van der Waals surface area contributed by atoms with E-state index in [0.717, 1.165) is 29.3 Å². The van der Waals surface area contributed by atoms with Gasteiger partial charge in [0.15, 0.2) is 11.5 Å². The van der Waals surface area contributed by atoms with Gasteiger partial charge < -0.3 is 14.0 Å². The third kappa shape index (κ3) is 2.40. The van der Waals surface area contributed by atoms with Gasteiger partial charge in [-0.15, -0.1) is 24.0 Å². The lowest BCUT2D eigenvalue weighted by atomic mass is 10.2. The molecule has 3 rings (SSSR count). The molecule has 1 aliphatic rings. The van der Waals surface area contributed by atoms with Crippen molar-refractivity contribution < 1.29 is 9.47 Å². The molecule has 6 heteroatoms. The van der Waals surface area contributed by atoms with E-state index in [9.17, 15) is 0 Å². The Hall–Kier alpha value is -1.39. The molecule has 2 aromatic rings. The topological polar surface area (TPSA) is 36.3 Å². The standard InChI is InChI=1S/C12H11ClN2O2.ClH/c13-4-10-5-14-7-15(10)6-9-1-2-11-12(3-9)17-8-16-11;/h1-3,5,7H,4,6,8H2;1H. The molecule has 1 aromatic carbocycles. The van der Waals surface area contributed by atoms with Gasteiger partial charge in [0, 0.05) is 12.7 Å². The van der Waals surface area contributed by atoms with Gasteiger partial charge in [-0.3, -0.25) is 0 Å². The second-order valence-electron chi connectivity index (χ2n) is 3.83. The molecule has 2 heterocycles. The summed E-state index contributed by atoms with van der Waals surface area (Å²) in [6, 6.07) is 5.93. The normalized spacial score (nSPS) is 12.3. The van der Waals surface area contributed by atoms with E-state index < -0.39 is 0 Å². The van der Waals surface area contributed by atoms with Crippen LogP contribution < -0.4 is 9.47 Å². The zero-order chi connectivity index (χ0) is 11.7. The minimum absolute atomic E-state index is 0. The summed E-state index contributed by atoms with van der Waals surface area (Å²) in [6.07, 6.45) is 3.56. The smallest absolute Gasteiger partial charge is 0.231 e. The molecule has 0 atom stereocenters. The number of imidazole rings is 1. The Morgan fingerprint density at radius 2 is 2.11 bits per heavy atom. The van der Waals surface area contributed by atoms with E-state index in [0.29, 0.717) is 12.7 Å². The van der Waals surface area contributed by atoms with E-state index in [4.69, 9.17) is 21.1 Å². The van der Waals surface area contributed by atoms with E-state index in [1.807, 2.05) is 22.8 Å². The van der Waals surface area contributed by atoms with Crippen LogP contribution in [-0.2, 0) is 12.4 Å². The molecule has 0 saturated heterocycles. The first-order valence-electron chi connectivity index (χ1n) is 5.30. The number of nitrogens with zero attached hydrogens (tertiary/aromatic N) is 2. The molecule has 0 N–H and O–H groups in total. The van der Waals surface area contributed by atoms with Crippen LogP contribution in [0.4, 0.5) is 0 Å². The van der Waals surface area contributed by atoms with E-state index in [-0.39, 0.29) is 12.4 Å². The summed E-state index contributed by atoms with van der Waals surface area (Å²) in [5.74, 6) is 2.07. The minimum Gasteiger partial charge on any atom is -0.454 e. The highest BCUT2D eigenvalue weighted by molar-refractivity contribution is 6.16. The summed E-state index contributed by atoms with van der Waals surface area (Å²) in [7, 11) is 0. The highest BCUT2D eigenvalue weighted by Crippen LogP contribution is 2.32. The van der Waals surface area contributed by atoms with Gasteiger partial charge in [0.2, 0.25) is 6.79 Å². The Morgan fingerprint density at radius 3 is 2.94 bits per heavy atom. The van der Waals surface area contributed by atoms with Crippen LogP contribution in [0.15, 0.2) is 30.7 Å². The third-order valence-electron chi connectivity index (χ3n) is 2.73. The first-order valence-corrected chi connectivity index (χ1v) is 5.84. The van der Waals surface area contributed by atoms with Crippen LogP contribution in [0.1, 0.15) is 11.3 Å². The summed E-state index contributed by atoms with van der Waals surface area (Å²) in [4.78, 5) is 4.08. The van der Waals surface area contributed by atoms with E-state index in [1.165, 1.54) is 0 Å². The Labute approximate surface area is 116 Å². The van der Waals surface area contributed by atoms with Crippen molar-refractivity contribution >= 4 is 24.0 Å². The predicted molar refractivity (Wildman–Crippen MR) is 70.7 cm³/mol. The fraction of sp³-hybridized carbons (Fsp3) is 0.250. The van der Waals surface area contributed by atoms with Crippen molar-refractivity contribution in [3.63, 3.8) is 0 Å². The maximum atomic E-state index is 5.83. The van der Waals surface area contributed by atoms with E-state index >= 15 is 0 Å². The summed E-state index contributed by atoms with van der Waals surface area (Å²) in [5.41, 5.74) is 2.14. The van der Waals surface area contributed by atoms with Gasteiger partial charge in [0.25, 0.3) is 0 Å². The summed E-state index contributed by atoms with van der Waals surface area (Å²) < 4.78 is 12.6. The van der Waals surface area contributed by atoms with Crippen LogP contribution in [0.5, 0.6) is 11.5 Å². The zero-order valence-corrected chi connectivity index (χ0v) is 11.1. The number of halogens is 2. The van der Waals surface area contributed by atoms with Crippen molar-refractivity contribution in [2.24, 2.45) is 0 Å². The molecule has 0 aliphatic carbocycles. The zero-order valence-electron chi connectivity index (χ0n) is 9.51. The molecule has 1 aliphatic heterocycles. The number of rotatable bonds is 3. The number of alkyl halides is 1. The number of aromatic nitrogens is 2. The van der Waals surface area contributed by atoms with Crippen LogP contribution in [0, 0.1) is 0 Å². The fourth-order valence-corrected chi connectivity index (χ4v) is 2.06. The van der Waals surface area contributed by atoms with Crippen LogP contribution >= 0.6 is 24.0 Å². The monoisotopic (exact) mass is 286 g/mol. The summed E-state index contributed by atoms with van der Waals surface area (Å²) >= 11 is 5.83. The molecular weight excluding hydrogens is 275 g/mol. The molecule has 4 nitrogen and oxygen atoms in total. The molecule has 18 heavy (non-hydrogen) atoms. The van der Waals surface area contributed by atoms with Crippen LogP contribution in [0.25, 0.3) is 0 Å². The third-order valence-corrected chi connectivity index (χ3v) is 3.00. The highest BCUT2D eigenvalue weighted by atomic mass is 35.5. The number of fused-ring (bicyclic) bond motifs is 1. The van der Waals surface area contributed by atoms with Gasteiger partial charge in [-0.25, -0.2) is 4.98 Å². The average Bonchev–Trinajstić information content (AvgIpc) is 2.96. The maximum absolute atomic E-state index is 5.83. The van der Waals surface area contributed by atoms with Gasteiger partial charge in [-0.05, 0) is 17.7 Å². The Balaban J connectivity index is 0.00000120. The van der Waals surface area contributed by atoms with Gasteiger partial charge in [0.1, 0.15) is 0 Å². The predicted octanol–water partition coefficient (Wildman–Crippen LogP) is 2.82. The lowest BCUT2D eigenvalue weighted by molar-refractivity contribution is 0.174. The molecule has 0 unspecified atom stereocenters. The summed E-state index contributed by atoms with van der Waals surface area (Å²) in [5, 5.41) is 0. The molecule has 0 amide bonds. The molecule has 0 fully saturated rings. The lowest BCUT2D eigenvalue weighted by Crippen LogP contribution is -2.01. The SMILES string of the molecule is Cl.ClCc1cncn1Cc1ccc2c(c1)OCO2. The fourth-order valence-electron chi connectivity index (χ4n) is 1.84. The van der Waals surface area contributed by atoms with Gasteiger partial charge in [0.05, 0.1) is 17.9 Å². The average molecular weight is 287 g/mol. The molecule has 0 spiro atoms. The van der Waals surface area contributed by atoms with Gasteiger partial charge >= 0.3 is 0 Å². The van der Waals surface area contributed by atoms with Crippen molar-refractivity contribution in [2.75, 3.05) is 6.79 Å². The Morgan fingerprint density at radius 1 is 1.28 bits per heavy atom. The lowest BCUT2D eigenvalue weighted by Gasteiger charge is -2.06. The van der Waals surface area contributed by atoms with Crippen molar-refractivity contribution in [3.05, 3.63) is 42.0 Å². The quantitative estimate of drug-likeness (QED) is 0.814. The number of ether oxygens (including phenoxy) is 2. The molecule has 0 radical (unpaired) electrons. The first-order chi connectivity index (χ1) is 8.36. The highest BCUT2D eigenvalue weighted by Gasteiger charge is 2.13. The molecular formula is C12H12Cl2N2O2. The van der Waals surface area contributed by atoms with Crippen LogP contribution in [0.3, 0.4) is 0 Å². The number of hydrogen-bond acceptors (Lipinski definition) is 3. The number of hydrogen-bond donors (Lipinski definition) is 0. The van der Waals surface area contributed by atoms with Gasteiger partial charge in [-0.2, -0.15) is 0 Å². The van der Waals surface area contributed by atoms with Crippen molar-refractivity contribution in [1.82, 2.24) is 9.55 Å². The van der Waals surface area contributed by atoms with E-state index in [2.05, 4.69) is 4.98 Å². The molecule has 1 aromatic heterocycles. The van der Waals surface area contributed by atoms with Crippen molar-refractivity contribution in [2.45, 2.75) is 12.4 Å². The van der Waals surface area contributed by atoms with Crippen LogP contribution in [0.2, 0.25) is 0 Å². The van der Waals surface area contributed by atoms with Crippen molar-refractivity contribution in [1.29, 1.82) is 0 Å². The van der Waals surface area contributed by atoms with Crippen molar-refractivity contribution in [3.8, 4) is 11.5 Å². The Bertz CT molecular complexity index is 543. The minimum atomic E-state index is 0. The largest absolute Gasteiger partial charge is 0.454 e. The summed E-state index contributed by atoms with van der Waals surface area (Å²) in [6.45, 7) is 1.04. The van der Waals surface area contributed by atoms with Gasteiger partial charge in [-0.1, -0.05) is 6.07 Å².